The molecule has 0 unspecified atom stereocenters. The molecule has 3 nitrogen and oxygen atoms in total. The molecule has 0 spiro atoms. The number of hydrogen-bond acceptors (Lipinski definition) is 2. The monoisotopic (exact) mass is 250 g/mol. The molecular weight excluding hydrogens is 228 g/mol. The average Bonchev–Trinajstić information content (AvgIpc) is 2.27. The Bertz CT molecular complexity index is 416. The third-order valence-corrected chi connectivity index (χ3v) is 3.47. The summed E-state index contributed by atoms with van der Waals surface area (Å²) in [6.45, 7) is 7.89. The van der Waals surface area contributed by atoms with Gasteiger partial charge >= 0.3 is 5.97 Å². The molecule has 1 rings (SSSR count). The van der Waals surface area contributed by atoms with E-state index in [1.165, 1.54) is 0 Å². The number of ether oxygens (including phenoxy) is 1. The van der Waals surface area contributed by atoms with E-state index in [0.29, 0.717) is 0 Å². The summed E-state index contributed by atoms with van der Waals surface area (Å²) in [5.74, 6) is -0.777. The van der Waals surface area contributed by atoms with Gasteiger partial charge in [-0.3, -0.25) is 4.79 Å². The Labute approximate surface area is 109 Å². The Morgan fingerprint density at radius 2 is 1.56 bits per heavy atom. The fourth-order valence-electron chi connectivity index (χ4n) is 1.92. The second-order valence-corrected chi connectivity index (χ2v) is 5.75. The molecule has 0 saturated heterocycles. The summed E-state index contributed by atoms with van der Waals surface area (Å²) in [6, 6.07) is 7.98. The zero-order chi connectivity index (χ0) is 14.0. The summed E-state index contributed by atoms with van der Waals surface area (Å²) >= 11 is 0. The minimum atomic E-state index is -0.777. The van der Waals surface area contributed by atoms with E-state index < -0.39 is 5.97 Å². The number of benzene rings is 1. The van der Waals surface area contributed by atoms with Gasteiger partial charge in [-0.15, -0.1) is 0 Å². The van der Waals surface area contributed by atoms with Crippen LogP contribution in [0.4, 0.5) is 0 Å². The molecule has 0 atom stereocenters. The van der Waals surface area contributed by atoms with Crippen molar-refractivity contribution in [1.29, 1.82) is 0 Å². The molecule has 0 fully saturated rings. The Kier molecular flexibility index (Phi) is 4.17. The van der Waals surface area contributed by atoms with Crippen LogP contribution >= 0.6 is 0 Å². The third kappa shape index (κ3) is 3.33. The van der Waals surface area contributed by atoms with Gasteiger partial charge in [0.1, 0.15) is 0 Å². The van der Waals surface area contributed by atoms with Gasteiger partial charge < -0.3 is 9.84 Å². The lowest BCUT2D eigenvalue weighted by molar-refractivity contribution is -0.138. The predicted molar refractivity (Wildman–Crippen MR) is 71.8 cm³/mol. The summed E-state index contributed by atoms with van der Waals surface area (Å²) < 4.78 is 5.42. The van der Waals surface area contributed by atoms with Gasteiger partial charge in [-0.1, -0.05) is 38.1 Å². The van der Waals surface area contributed by atoms with Crippen LogP contribution in [0.1, 0.15) is 45.2 Å². The Morgan fingerprint density at radius 1 is 1.11 bits per heavy atom. The molecule has 18 heavy (non-hydrogen) atoms. The molecule has 3 heteroatoms. The van der Waals surface area contributed by atoms with Crippen molar-refractivity contribution >= 4 is 5.97 Å². The maximum absolute atomic E-state index is 10.8. The predicted octanol–water partition coefficient (Wildman–Crippen LogP) is 3.32. The molecule has 0 aliphatic carbocycles. The van der Waals surface area contributed by atoms with Crippen LogP contribution in [0.5, 0.6) is 0 Å². The summed E-state index contributed by atoms with van der Waals surface area (Å²) in [7, 11) is 1.68. The molecule has 0 aliphatic rings. The highest BCUT2D eigenvalue weighted by Gasteiger charge is 2.25. The molecule has 0 bridgehead atoms. The second-order valence-electron chi connectivity index (χ2n) is 5.75. The summed E-state index contributed by atoms with van der Waals surface area (Å²) in [5, 5.41) is 8.91. The van der Waals surface area contributed by atoms with Gasteiger partial charge in [-0.2, -0.15) is 0 Å². The fourth-order valence-corrected chi connectivity index (χ4v) is 1.92. The Balaban J connectivity index is 2.99. The van der Waals surface area contributed by atoms with Crippen molar-refractivity contribution in [2.75, 3.05) is 7.11 Å². The number of hydrogen-bond donors (Lipinski definition) is 1. The number of carboxylic acids is 1. The van der Waals surface area contributed by atoms with E-state index in [2.05, 4.69) is 0 Å². The van der Waals surface area contributed by atoms with Gasteiger partial charge in [0, 0.05) is 12.5 Å². The number of carboxylic acid groups (broad SMARTS) is 1. The van der Waals surface area contributed by atoms with Crippen LogP contribution in [0, 0.1) is 0 Å². The first-order valence-electron chi connectivity index (χ1n) is 6.07. The molecule has 0 aromatic heterocycles. The highest BCUT2D eigenvalue weighted by Crippen LogP contribution is 2.30. The van der Waals surface area contributed by atoms with Gasteiger partial charge in [0.25, 0.3) is 0 Å². The van der Waals surface area contributed by atoms with Crippen LogP contribution in [0.2, 0.25) is 0 Å². The van der Waals surface area contributed by atoms with Gasteiger partial charge in [0.05, 0.1) is 12.0 Å². The first-order chi connectivity index (χ1) is 8.19. The third-order valence-electron chi connectivity index (χ3n) is 3.47. The lowest BCUT2D eigenvalue weighted by Crippen LogP contribution is -2.23. The molecule has 0 heterocycles. The van der Waals surface area contributed by atoms with Gasteiger partial charge in [0.2, 0.25) is 0 Å². The summed E-state index contributed by atoms with van der Waals surface area (Å²) in [5.41, 5.74) is 1.43. The van der Waals surface area contributed by atoms with E-state index in [4.69, 9.17) is 9.84 Å². The molecule has 0 aliphatic heterocycles. The molecule has 1 N–H and O–H groups in total. The van der Waals surface area contributed by atoms with Gasteiger partial charge in [0.15, 0.2) is 0 Å². The van der Waals surface area contributed by atoms with Crippen molar-refractivity contribution in [3.05, 3.63) is 35.4 Å². The zero-order valence-corrected chi connectivity index (χ0v) is 11.8. The van der Waals surface area contributed by atoms with Gasteiger partial charge in [-0.25, -0.2) is 0 Å². The van der Waals surface area contributed by atoms with Crippen LogP contribution < -0.4 is 0 Å². The molecular formula is C15H22O3. The average molecular weight is 250 g/mol. The largest absolute Gasteiger partial charge is 0.481 e. The highest BCUT2D eigenvalue weighted by atomic mass is 16.5. The van der Waals surface area contributed by atoms with Crippen LogP contribution in [0.3, 0.4) is 0 Å². The molecule has 0 amide bonds. The summed E-state index contributed by atoms with van der Waals surface area (Å²) in [6.07, 6.45) is 0.125. The first-order valence-corrected chi connectivity index (χ1v) is 6.07. The quantitative estimate of drug-likeness (QED) is 0.872. The topological polar surface area (TPSA) is 46.5 Å². The Hall–Kier alpha value is -1.35. The van der Waals surface area contributed by atoms with Crippen molar-refractivity contribution in [3.63, 3.8) is 0 Å². The smallest absolute Gasteiger partial charge is 0.304 e. The van der Waals surface area contributed by atoms with E-state index in [1.54, 1.807) is 7.11 Å². The van der Waals surface area contributed by atoms with Crippen molar-refractivity contribution in [3.8, 4) is 0 Å². The molecule has 1 aromatic carbocycles. The van der Waals surface area contributed by atoms with E-state index in [1.807, 2.05) is 52.0 Å². The van der Waals surface area contributed by atoms with Crippen molar-refractivity contribution in [2.24, 2.45) is 0 Å². The van der Waals surface area contributed by atoms with Gasteiger partial charge in [-0.05, 0) is 25.0 Å². The van der Waals surface area contributed by atoms with Crippen LogP contribution in [0.25, 0.3) is 0 Å². The molecule has 100 valence electrons. The maximum atomic E-state index is 10.8. The molecule has 1 aromatic rings. The standard InChI is InChI=1S/C15H22O3/c1-14(2,10-13(16)17)11-6-8-12(9-7-11)15(3,4)18-5/h6-9H,10H2,1-5H3,(H,16,17). The van der Waals surface area contributed by atoms with Crippen molar-refractivity contribution < 1.29 is 14.6 Å². The van der Waals surface area contributed by atoms with E-state index in [-0.39, 0.29) is 17.4 Å². The highest BCUT2D eigenvalue weighted by molar-refractivity contribution is 5.68. The summed E-state index contributed by atoms with van der Waals surface area (Å²) in [4.78, 5) is 10.8. The minimum Gasteiger partial charge on any atom is -0.481 e. The van der Waals surface area contributed by atoms with E-state index >= 15 is 0 Å². The molecule has 0 radical (unpaired) electrons. The van der Waals surface area contributed by atoms with E-state index in [9.17, 15) is 4.79 Å². The number of aliphatic carboxylic acids is 1. The SMILES string of the molecule is COC(C)(C)c1ccc(C(C)(C)CC(=O)O)cc1. The van der Waals surface area contributed by atoms with Crippen LogP contribution in [-0.4, -0.2) is 18.2 Å². The molecule has 0 saturated carbocycles. The number of carbonyl (C=O) groups is 1. The van der Waals surface area contributed by atoms with Crippen molar-refractivity contribution in [1.82, 2.24) is 0 Å². The van der Waals surface area contributed by atoms with E-state index in [0.717, 1.165) is 11.1 Å². The van der Waals surface area contributed by atoms with Crippen LogP contribution in [0.15, 0.2) is 24.3 Å². The second kappa shape index (κ2) is 5.11. The lowest BCUT2D eigenvalue weighted by Gasteiger charge is -2.26. The lowest BCUT2D eigenvalue weighted by atomic mass is 9.80. The number of methoxy groups -OCH3 is 1. The fraction of sp³-hybridized carbons (Fsp3) is 0.533. The Morgan fingerprint density at radius 3 is 1.94 bits per heavy atom. The number of rotatable bonds is 5. The first kappa shape index (κ1) is 14.7. The maximum Gasteiger partial charge on any atom is 0.304 e. The normalized spacial score (nSPS) is 12.5. The van der Waals surface area contributed by atoms with Crippen LogP contribution in [-0.2, 0) is 20.5 Å². The minimum absolute atomic E-state index is 0.125. The zero-order valence-electron chi connectivity index (χ0n) is 11.8. The van der Waals surface area contributed by atoms with Crippen molar-refractivity contribution in [2.45, 2.75) is 45.1 Å².